The van der Waals surface area contributed by atoms with Crippen molar-refractivity contribution in [2.75, 3.05) is 0 Å². The van der Waals surface area contributed by atoms with E-state index in [1.807, 2.05) is 11.5 Å². The second-order valence-electron chi connectivity index (χ2n) is 3.33. The number of hydrogen-bond acceptors (Lipinski definition) is 4. The van der Waals surface area contributed by atoms with Crippen LogP contribution in [-0.4, -0.2) is 26.7 Å². The Hall–Kier alpha value is -1.43. The predicted octanol–water partition coefficient (Wildman–Crippen LogP) is -1.20. The third-order valence-electron chi connectivity index (χ3n) is 2.44. The van der Waals surface area contributed by atoms with Crippen molar-refractivity contribution in [3.05, 3.63) is 11.6 Å². The van der Waals surface area contributed by atoms with Crippen LogP contribution >= 0.6 is 0 Å². The van der Waals surface area contributed by atoms with Crippen LogP contribution in [-0.2, 0) is 24.3 Å². The summed E-state index contributed by atoms with van der Waals surface area (Å²) in [6, 6.07) is -0.302. The van der Waals surface area contributed by atoms with E-state index in [4.69, 9.17) is 5.73 Å². The lowest BCUT2D eigenvalue weighted by Gasteiger charge is -2.22. The number of aromatic nitrogens is 3. The molecule has 6 heteroatoms. The Morgan fingerprint density at radius 1 is 1.71 bits per heavy atom. The zero-order valence-corrected chi connectivity index (χ0v) is 8.03. The maximum atomic E-state index is 11.0. The van der Waals surface area contributed by atoms with E-state index in [0.29, 0.717) is 13.1 Å². The summed E-state index contributed by atoms with van der Waals surface area (Å²) in [5.41, 5.74) is 5.23. The lowest BCUT2D eigenvalue weighted by atomic mass is 10.2. The van der Waals surface area contributed by atoms with Gasteiger partial charge in [-0.05, 0) is 0 Å². The van der Waals surface area contributed by atoms with Crippen LogP contribution < -0.4 is 11.1 Å². The van der Waals surface area contributed by atoms with Gasteiger partial charge in [-0.25, -0.2) is 0 Å². The first-order chi connectivity index (χ1) is 6.72. The summed E-state index contributed by atoms with van der Waals surface area (Å²) in [5.74, 6) is 1.46. The van der Waals surface area contributed by atoms with Crippen molar-refractivity contribution < 1.29 is 4.79 Å². The van der Waals surface area contributed by atoms with Crippen LogP contribution in [0, 0.1) is 0 Å². The van der Waals surface area contributed by atoms with Crippen molar-refractivity contribution in [3.8, 4) is 0 Å². The van der Waals surface area contributed by atoms with Crippen LogP contribution in [0.5, 0.6) is 0 Å². The molecule has 1 atom stereocenters. The van der Waals surface area contributed by atoms with Gasteiger partial charge in [-0.3, -0.25) is 10.1 Å². The fourth-order valence-electron chi connectivity index (χ4n) is 1.63. The molecule has 76 valence electrons. The summed E-state index contributed by atoms with van der Waals surface area (Å²) in [6.45, 7) is 3.11. The van der Waals surface area contributed by atoms with Crippen molar-refractivity contribution in [1.29, 1.82) is 0 Å². The van der Waals surface area contributed by atoms with Crippen LogP contribution in [0.4, 0.5) is 0 Å². The topological polar surface area (TPSA) is 85.8 Å². The number of nitrogens with two attached hydrogens (primary N) is 1. The number of nitrogens with one attached hydrogen (secondary N) is 1. The zero-order chi connectivity index (χ0) is 10.1. The fraction of sp³-hybridized carbons (Fsp3) is 0.625. The average Bonchev–Trinajstić information content (AvgIpc) is 2.59. The van der Waals surface area contributed by atoms with Crippen LogP contribution in [0.1, 0.15) is 18.6 Å². The van der Waals surface area contributed by atoms with Gasteiger partial charge in [0, 0.05) is 13.0 Å². The van der Waals surface area contributed by atoms with Crippen LogP contribution in [0.15, 0.2) is 0 Å². The number of nitrogens with zero attached hydrogens (tertiary/aromatic N) is 3. The quantitative estimate of drug-likeness (QED) is 0.620. The summed E-state index contributed by atoms with van der Waals surface area (Å²) < 4.78 is 1.96. The Labute approximate surface area is 81.5 Å². The van der Waals surface area contributed by atoms with Gasteiger partial charge in [-0.2, -0.15) is 0 Å². The Bertz CT molecular complexity index is 345. The molecule has 0 aliphatic carbocycles. The van der Waals surface area contributed by atoms with Gasteiger partial charge in [0.1, 0.15) is 17.7 Å². The molecule has 1 unspecified atom stereocenters. The van der Waals surface area contributed by atoms with E-state index in [1.54, 1.807) is 0 Å². The minimum absolute atomic E-state index is 0.302. The third-order valence-corrected chi connectivity index (χ3v) is 2.44. The Morgan fingerprint density at radius 2 is 2.50 bits per heavy atom. The summed E-state index contributed by atoms with van der Waals surface area (Å²) in [6.07, 6.45) is 0.818. The first-order valence-electron chi connectivity index (χ1n) is 4.66. The van der Waals surface area contributed by atoms with Gasteiger partial charge in [0.25, 0.3) is 0 Å². The smallest absolute Gasteiger partial charge is 0.236 e. The second kappa shape index (κ2) is 3.38. The molecule has 3 N–H and O–H groups in total. The average molecular weight is 195 g/mol. The largest absolute Gasteiger partial charge is 0.368 e. The summed E-state index contributed by atoms with van der Waals surface area (Å²) in [4.78, 5) is 11.0. The second-order valence-corrected chi connectivity index (χ2v) is 3.33. The number of carbonyl (C=O) groups is 1. The molecule has 1 aromatic rings. The summed E-state index contributed by atoms with van der Waals surface area (Å²) in [5, 5.41) is 11.1. The van der Waals surface area contributed by atoms with Crippen molar-refractivity contribution in [3.63, 3.8) is 0 Å². The minimum Gasteiger partial charge on any atom is -0.368 e. The number of primary amides is 1. The molecule has 0 bridgehead atoms. The van der Waals surface area contributed by atoms with Gasteiger partial charge in [-0.1, -0.05) is 6.92 Å². The highest BCUT2D eigenvalue weighted by Gasteiger charge is 2.24. The molecule has 1 aliphatic rings. The van der Waals surface area contributed by atoms with Gasteiger partial charge in [0.15, 0.2) is 0 Å². The van der Waals surface area contributed by atoms with Crippen molar-refractivity contribution >= 4 is 5.91 Å². The minimum atomic E-state index is -0.327. The van der Waals surface area contributed by atoms with Gasteiger partial charge in [-0.15, -0.1) is 10.2 Å². The molecular formula is C8H13N5O. The van der Waals surface area contributed by atoms with E-state index in [9.17, 15) is 4.79 Å². The molecule has 6 nitrogen and oxygen atoms in total. The highest BCUT2D eigenvalue weighted by Crippen LogP contribution is 2.09. The molecule has 2 heterocycles. The summed E-state index contributed by atoms with van der Waals surface area (Å²) >= 11 is 0. The third kappa shape index (κ3) is 1.37. The summed E-state index contributed by atoms with van der Waals surface area (Å²) in [7, 11) is 0. The Kier molecular flexibility index (Phi) is 2.20. The molecule has 1 aliphatic heterocycles. The highest BCUT2D eigenvalue weighted by molar-refractivity contribution is 5.79. The van der Waals surface area contributed by atoms with Gasteiger partial charge in [0.05, 0.1) is 6.54 Å². The fourth-order valence-corrected chi connectivity index (χ4v) is 1.63. The number of amides is 1. The molecule has 0 aromatic carbocycles. The van der Waals surface area contributed by atoms with Crippen LogP contribution in [0.3, 0.4) is 0 Å². The maximum Gasteiger partial charge on any atom is 0.236 e. The van der Waals surface area contributed by atoms with E-state index in [-0.39, 0.29) is 11.9 Å². The molecule has 1 amide bonds. The van der Waals surface area contributed by atoms with Gasteiger partial charge < -0.3 is 10.3 Å². The van der Waals surface area contributed by atoms with E-state index < -0.39 is 0 Å². The van der Waals surface area contributed by atoms with E-state index in [0.717, 1.165) is 18.1 Å². The lowest BCUT2D eigenvalue weighted by Crippen LogP contribution is -2.47. The highest BCUT2D eigenvalue weighted by atomic mass is 16.1. The molecule has 0 spiro atoms. The first kappa shape index (κ1) is 9.14. The number of fused-ring (bicyclic) bond motifs is 1. The standard InChI is InChI=1S/C8H13N5O/c1-2-6-11-12-7-3-10-5(8(9)14)4-13(6)7/h5,10H,2-4H2,1H3,(H2,9,14). The van der Waals surface area contributed by atoms with E-state index in [1.165, 1.54) is 0 Å². The Balaban J connectivity index is 2.27. The number of rotatable bonds is 2. The molecule has 0 saturated carbocycles. The van der Waals surface area contributed by atoms with E-state index >= 15 is 0 Å². The SMILES string of the molecule is CCc1nnc2n1CC(C(N)=O)NC2. The van der Waals surface area contributed by atoms with Crippen molar-refractivity contribution in [2.45, 2.75) is 32.5 Å². The van der Waals surface area contributed by atoms with Crippen LogP contribution in [0.25, 0.3) is 0 Å². The molecular weight excluding hydrogens is 182 g/mol. The zero-order valence-electron chi connectivity index (χ0n) is 8.03. The lowest BCUT2D eigenvalue weighted by molar-refractivity contribution is -0.120. The number of aryl methyl sites for hydroxylation is 1. The van der Waals surface area contributed by atoms with Gasteiger partial charge >= 0.3 is 0 Å². The molecule has 2 rings (SSSR count). The number of carbonyl (C=O) groups excluding carboxylic acids is 1. The Morgan fingerprint density at radius 3 is 3.14 bits per heavy atom. The van der Waals surface area contributed by atoms with Crippen molar-refractivity contribution in [1.82, 2.24) is 20.1 Å². The number of hydrogen-bond donors (Lipinski definition) is 2. The normalized spacial score (nSPS) is 20.5. The predicted molar refractivity (Wildman–Crippen MR) is 49.2 cm³/mol. The monoisotopic (exact) mass is 195 g/mol. The van der Waals surface area contributed by atoms with Crippen LogP contribution in [0.2, 0.25) is 0 Å². The molecule has 14 heavy (non-hydrogen) atoms. The molecule has 0 radical (unpaired) electrons. The van der Waals surface area contributed by atoms with Crippen molar-refractivity contribution in [2.24, 2.45) is 5.73 Å². The molecule has 0 fully saturated rings. The molecule has 0 saturated heterocycles. The molecule has 1 aromatic heterocycles. The van der Waals surface area contributed by atoms with E-state index in [2.05, 4.69) is 15.5 Å². The van der Waals surface area contributed by atoms with Gasteiger partial charge in [0.2, 0.25) is 5.91 Å². The first-order valence-corrected chi connectivity index (χ1v) is 4.66. The maximum absolute atomic E-state index is 11.0.